The molecule has 0 spiro atoms. The molecule has 31 heavy (non-hydrogen) atoms. The zero-order chi connectivity index (χ0) is 21.0. The van der Waals surface area contributed by atoms with Crippen LogP contribution in [0.25, 0.3) is 11.2 Å². The molecule has 5 unspecified atom stereocenters. The van der Waals surface area contributed by atoms with Crippen LogP contribution in [-0.4, -0.2) is 49.5 Å². The van der Waals surface area contributed by atoms with Crippen molar-refractivity contribution in [3.8, 4) is 0 Å². The van der Waals surface area contributed by atoms with Crippen molar-refractivity contribution in [3.05, 3.63) is 35.6 Å². The first-order chi connectivity index (χ1) is 14.3. The largest absolute Gasteiger partial charge is 1.00 e. The molecule has 2 aliphatic heterocycles. The third-order valence-electron chi connectivity index (χ3n) is 4.71. The number of anilines is 1. The molecule has 158 valence electrons. The Hall–Kier alpha value is -0.760. The number of phosphoric acid groups is 1. The number of hydrogen-bond acceptors (Lipinski definition) is 11. The number of ether oxygens (including phenoxy) is 1. The van der Waals surface area contributed by atoms with E-state index in [0.717, 1.165) is 4.90 Å². The molecule has 3 N–H and O–H groups in total. The third-order valence-corrected chi connectivity index (χ3v) is 6.90. The molecular weight excluding hydrogens is 480 g/mol. The van der Waals surface area contributed by atoms with E-state index >= 15 is 0 Å². The SMILES string of the molecule is Nc1ncnc2c1nc(Sc1ccc(Cl)cc1)n2C1OC2COP(=O)([O-])OC2C1O.[Na+]. The molecule has 2 aromatic heterocycles. The van der Waals surface area contributed by atoms with Crippen LogP contribution >= 0.6 is 31.2 Å². The molecule has 1 aromatic carbocycles. The van der Waals surface area contributed by atoms with E-state index in [1.54, 1.807) is 16.7 Å². The Labute approximate surface area is 207 Å². The number of aromatic nitrogens is 4. The monoisotopic (exact) mass is 493 g/mol. The normalized spacial score (nSPS) is 30.2. The van der Waals surface area contributed by atoms with Gasteiger partial charge in [-0.1, -0.05) is 23.4 Å². The van der Waals surface area contributed by atoms with E-state index < -0.39 is 32.4 Å². The molecule has 4 heterocycles. The molecule has 0 aliphatic carbocycles. The van der Waals surface area contributed by atoms with Crippen LogP contribution in [0.4, 0.5) is 5.82 Å². The number of rotatable bonds is 3. The van der Waals surface area contributed by atoms with Crippen LogP contribution in [0.2, 0.25) is 5.02 Å². The summed E-state index contributed by atoms with van der Waals surface area (Å²) in [5.41, 5.74) is 6.61. The number of nitrogen functional groups attached to an aromatic ring is 1. The molecule has 2 fully saturated rings. The fourth-order valence-corrected chi connectivity index (χ4v) is 5.34. The van der Waals surface area contributed by atoms with Crippen molar-refractivity contribution in [2.24, 2.45) is 0 Å². The summed E-state index contributed by atoms with van der Waals surface area (Å²) in [6, 6.07) is 7.08. The van der Waals surface area contributed by atoms with Gasteiger partial charge in [-0.3, -0.25) is 9.13 Å². The Balaban J connectivity index is 0.00000231. The topological polar surface area (TPSA) is 158 Å². The smallest absolute Gasteiger partial charge is 0.756 e. The Morgan fingerprint density at radius 2 is 2.06 bits per heavy atom. The number of nitrogens with two attached hydrogens (primary N) is 1. The van der Waals surface area contributed by atoms with Gasteiger partial charge in [0.25, 0.3) is 7.82 Å². The van der Waals surface area contributed by atoms with Gasteiger partial charge in [-0.15, -0.1) is 0 Å². The van der Waals surface area contributed by atoms with Gasteiger partial charge in [-0.25, -0.2) is 15.0 Å². The van der Waals surface area contributed by atoms with Crippen molar-refractivity contribution in [2.45, 2.75) is 34.6 Å². The Kier molecular flexibility index (Phi) is 6.70. The van der Waals surface area contributed by atoms with Crippen molar-refractivity contribution in [2.75, 3.05) is 12.3 Å². The van der Waals surface area contributed by atoms with Crippen molar-refractivity contribution in [1.82, 2.24) is 19.5 Å². The molecule has 5 rings (SSSR count). The van der Waals surface area contributed by atoms with E-state index in [-0.39, 0.29) is 42.0 Å². The average Bonchev–Trinajstić information content (AvgIpc) is 3.21. The standard InChI is InChI=1S/C16H15ClN5O6PS.Na/c17-7-1-3-8(4-2-7)30-16-21-10-13(18)19-6-20-14(10)22(16)15-11(23)12-9(27-15)5-26-29(24,25)28-12;/h1-4,6,9,11-12,15,23H,5H2,(H,24,25)(H2,18,19,20);/q;+1/p-1. The van der Waals surface area contributed by atoms with Crippen molar-refractivity contribution < 1.29 is 57.9 Å². The van der Waals surface area contributed by atoms with Crippen LogP contribution in [0.3, 0.4) is 0 Å². The first-order valence-electron chi connectivity index (χ1n) is 8.72. The summed E-state index contributed by atoms with van der Waals surface area (Å²) < 4.78 is 28.7. The van der Waals surface area contributed by atoms with E-state index in [1.807, 2.05) is 12.1 Å². The minimum absolute atomic E-state index is 0. The molecule has 0 bridgehead atoms. The van der Waals surface area contributed by atoms with E-state index in [0.29, 0.717) is 21.3 Å². The van der Waals surface area contributed by atoms with Gasteiger partial charge in [0.05, 0.1) is 6.61 Å². The summed E-state index contributed by atoms with van der Waals surface area (Å²) in [7, 11) is -4.50. The van der Waals surface area contributed by atoms with Crippen LogP contribution in [-0.2, 0) is 18.3 Å². The second kappa shape index (κ2) is 8.88. The van der Waals surface area contributed by atoms with Gasteiger partial charge in [-0.05, 0) is 24.3 Å². The van der Waals surface area contributed by atoms with E-state index in [9.17, 15) is 14.6 Å². The predicted octanol–water partition coefficient (Wildman–Crippen LogP) is -1.64. The fraction of sp³-hybridized carbons (Fsp3) is 0.312. The summed E-state index contributed by atoms with van der Waals surface area (Å²) in [6.07, 6.45) is -2.98. The third kappa shape index (κ3) is 4.40. The number of hydrogen-bond donors (Lipinski definition) is 2. The molecular formula is C16H14ClN5NaO6PS. The summed E-state index contributed by atoms with van der Waals surface area (Å²) in [5, 5.41) is 11.8. The number of phosphoric ester groups is 1. The maximum Gasteiger partial charge on any atom is 1.00 e. The summed E-state index contributed by atoms with van der Waals surface area (Å²) in [5.74, 6) is 0.158. The molecule has 2 saturated heterocycles. The van der Waals surface area contributed by atoms with Crippen LogP contribution < -0.4 is 40.2 Å². The van der Waals surface area contributed by atoms with Gasteiger partial charge in [0.2, 0.25) is 0 Å². The van der Waals surface area contributed by atoms with Crippen molar-refractivity contribution in [1.29, 1.82) is 0 Å². The van der Waals surface area contributed by atoms with Gasteiger partial charge >= 0.3 is 29.6 Å². The number of aliphatic hydroxyl groups is 1. The fourth-order valence-electron chi connectivity index (χ4n) is 3.36. The first-order valence-corrected chi connectivity index (χ1v) is 11.4. The average molecular weight is 494 g/mol. The number of imidazole rings is 1. The Bertz CT molecular complexity index is 1170. The number of aliphatic hydroxyl groups excluding tert-OH is 1. The maximum absolute atomic E-state index is 11.7. The van der Waals surface area contributed by atoms with Gasteiger partial charge in [0, 0.05) is 9.92 Å². The van der Waals surface area contributed by atoms with Gasteiger partial charge in [0.1, 0.15) is 24.6 Å². The van der Waals surface area contributed by atoms with E-state index in [2.05, 4.69) is 15.0 Å². The molecule has 0 saturated carbocycles. The molecule has 5 atom stereocenters. The first kappa shape index (κ1) is 23.4. The number of nitrogens with zero attached hydrogens (tertiary/aromatic N) is 4. The number of halogens is 1. The molecule has 0 radical (unpaired) electrons. The zero-order valence-corrected chi connectivity index (χ0v) is 20.5. The molecule has 0 amide bonds. The second-order valence-electron chi connectivity index (χ2n) is 6.62. The summed E-state index contributed by atoms with van der Waals surface area (Å²) in [4.78, 5) is 25.2. The summed E-state index contributed by atoms with van der Waals surface area (Å²) >= 11 is 7.22. The predicted molar refractivity (Wildman–Crippen MR) is 104 cm³/mol. The van der Waals surface area contributed by atoms with Gasteiger partial charge in [0.15, 0.2) is 28.4 Å². The molecule has 15 heteroatoms. The van der Waals surface area contributed by atoms with E-state index in [1.165, 1.54) is 18.1 Å². The van der Waals surface area contributed by atoms with Crippen molar-refractivity contribution in [3.63, 3.8) is 0 Å². The summed E-state index contributed by atoms with van der Waals surface area (Å²) in [6.45, 7) is -0.261. The molecule has 2 aliphatic rings. The van der Waals surface area contributed by atoms with Crippen molar-refractivity contribution >= 4 is 48.2 Å². The second-order valence-corrected chi connectivity index (χ2v) is 9.46. The molecule has 3 aromatic rings. The number of fused-ring (bicyclic) bond motifs is 2. The maximum atomic E-state index is 11.7. The minimum Gasteiger partial charge on any atom is -0.756 e. The van der Waals surface area contributed by atoms with E-state index in [4.69, 9.17) is 31.1 Å². The number of benzene rings is 1. The van der Waals surface area contributed by atoms with Crippen LogP contribution in [0.1, 0.15) is 6.23 Å². The zero-order valence-electron chi connectivity index (χ0n) is 16.0. The Morgan fingerprint density at radius 1 is 1.32 bits per heavy atom. The van der Waals surface area contributed by atoms with Crippen LogP contribution in [0.15, 0.2) is 40.6 Å². The van der Waals surface area contributed by atoms with Gasteiger partial charge < -0.3 is 29.5 Å². The van der Waals surface area contributed by atoms with Gasteiger partial charge in [-0.2, -0.15) is 0 Å². The van der Waals surface area contributed by atoms with Crippen LogP contribution in [0.5, 0.6) is 0 Å². The van der Waals surface area contributed by atoms with Crippen LogP contribution in [0, 0.1) is 0 Å². The quantitative estimate of drug-likeness (QED) is 0.318. The Morgan fingerprint density at radius 3 is 2.81 bits per heavy atom. The minimum atomic E-state index is -4.50. The molecule has 11 nitrogen and oxygen atoms in total.